The van der Waals surface area contributed by atoms with E-state index in [0.717, 1.165) is 5.56 Å². The van der Waals surface area contributed by atoms with E-state index in [1.807, 2.05) is 6.92 Å². The summed E-state index contributed by atoms with van der Waals surface area (Å²) in [5.74, 6) is -4.65. The number of unbranched alkanes of at least 4 members (excludes halogenated alkanes) is 4. The molecule has 9 heteroatoms. The zero-order valence-corrected chi connectivity index (χ0v) is 14.6. The van der Waals surface area contributed by atoms with E-state index < -0.39 is 28.6 Å². The SMILES string of the molecule is Cc1ccc(S(=O)(=O)OCCCCCCCC(F)(F)C(F)(F)F)cc1. The Morgan fingerprint density at radius 3 is 1.96 bits per heavy atom. The van der Waals surface area contributed by atoms with Gasteiger partial charge in [-0.15, -0.1) is 0 Å². The van der Waals surface area contributed by atoms with Crippen LogP contribution in [0.2, 0.25) is 0 Å². The largest absolute Gasteiger partial charge is 0.453 e. The predicted molar refractivity (Wildman–Crippen MR) is 83.0 cm³/mol. The molecule has 144 valence electrons. The highest BCUT2D eigenvalue weighted by Gasteiger charge is 2.56. The summed E-state index contributed by atoms with van der Waals surface area (Å²) in [5, 5.41) is 0. The molecule has 25 heavy (non-hydrogen) atoms. The van der Waals surface area contributed by atoms with E-state index in [1.165, 1.54) is 12.1 Å². The van der Waals surface area contributed by atoms with Crippen molar-refractivity contribution in [2.24, 2.45) is 0 Å². The van der Waals surface area contributed by atoms with Crippen LogP contribution < -0.4 is 0 Å². The Balaban J connectivity index is 2.19. The summed E-state index contributed by atoms with van der Waals surface area (Å²) >= 11 is 0. The van der Waals surface area contributed by atoms with Gasteiger partial charge in [-0.2, -0.15) is 30.4 Å². The summed E-state index contributed by atoms with van der Waals surface area (Å²) in [6.07, 6.45) is -5.46. The third kappa shape index (κ3) is 7.27. The Morgan fingerprint density at radius 1 is 0.880 bits per heavy atom. The van der Waals surface area contributed by atoms with E-state index in [9.17, 15) is 30.4 Å². The molecule has 0 aromatic heterocycles. The molecule has 0 aliphatic carbocycles. The minimum absolute atomic E-state index is 0.0486. The molecule has 1 aromatic rings. The van der Waals surface area contributed by atoms with Crippen molar-refractivity contribution in [3.63, 3.8) is 0 Å². The van der Waals surface area contributed by atoms with Crippen LogP contribution in [-0.4, -0.2) is 27.1 Å². The van der Waals surface area contributed by atoms with E-state index in [4.69, 9.17) is 4.18 Å². The van der Waals surface area contributed by atoms with Crippen LogP contribution in [-0.2, 0) is 14.3 Å². The average molecular weight is 388 g/mol. The molecule has 0 amide bonds. The van der Waals surface area contributed by atoms with Gasteiger partial charge in [0, 0.05) is 6.42 Å². The molecule has 0 bridgehead atoms. The van der Waals surface area contributed by atoms with E-state index in [-0.39, 0.29) is 24.3 Å². The fraction of sp³-hybridized carbons (Fsp3) is 0.625. The first kappa shape index (κ1) is 21.8. The van der Waals surface area contributed by atoms with Crippen LogP contribution in [0.5, 0.6) is 0 Å². The summed E-state index contributed by atoms with van der Waals surface area (Å²) in [6.45, 7) is 1.76. The molecule has 1 rings (SSSR count). The predicted octanol–water partition coefficient (Wildman–Crippen LogP) is 5.24. The lowest BCUT2D eigenvalue weighted by Crippen LogP contribution is -2.36. The first-order chi connectivity index (χ1) is 11.5. The maximum absolute atomic E-state index is 12.7. The van der Waals surface area contributed by atoms with Crippen molar-refractivity contribution < 1.29 is 34.6 Å². The molecule has 0 atom stereocenters. The first-order valence-corrected chi connectivity index (χ1v) is 9.27. The molecule has 0 radical (unpaired) electrons. The molecular weight excluding hydrogens is 367 g/mol. The fourth-order valence-corrected chi connectivity index (χ4v) is 3.01. The first-order valence-electron chi connectivity index (χ1n) is 7.86. The summed E-state index contributed by atoms with van der Waals surface area (Å²) in [4.78, 5) is 0.0486. The monoisotopic (exact) mass is 388 g/mol. The topological polar surface area (TPSA) is 43.4 Å². The maximum Gasteiger partial charge on any atom is 0.453 e. The minimum Gasteiger partial charge on any atom is -0.266 e. The Morgan fingerprint density at radius 2 is 1.40 bits per heavy atom. The molecular formula is C16H21F5O3S. The van der Waals surface area contributed by atoms with Gasteiger partial charge in [0.15, 0.2) is 0 Å². The maximum atomic E-state index is 12.7. The molecule has 0 N–H and O–H groups in total. The smallest absolute Gasteiger partial charge is 0.266 e. The second-order valence-corrected chi connectivity index (χ2v) is 7.42. The Bertz CT molecular complexity index is 624. The lowest BCUT2D eigenvalue weighted by Gasteiger charge is -2.19. The van der Waals surface area contributed by atoms with E-state index in [2.05, 4.69) is 0 Å². The van der Waals surface area contributed by atoms with Crippen molar-refractivity contribution in [2.75, 3.05) is 6.61 Å². The van der Waals surface area contributed by atoms with Gasteiger partial charge in [0.25, 0.3) is 10.1 Å². The van der Waals surface area contributed by atoms with Crippen molar-refractivity contribution in [2.45, 2.75) is 62.4 Å². The summed E-state index contributed by atoms with van der Waals surface area (Å²) < 4.78 is 89.8. The average Bonchev–Trinajstić information content (AvgIpc) is 2.49. The van der Waals surface area contributed by atoms with Crippen molar-refractivity contribution in [3.8, 4) is 0 Å². The number of aryl methyl sites for hydroxylation is 1. The van der Waals surface area contributed by atoms with Crippen LogP contribution in [0.15, 0.2) is 29.2 Å². The van der Waals surface area contributed by atoms with Gasteiger partial charge in [0.2, 0.25) is 0 Å². The van der Waals surface area contributed by atoms with Crippen LogP contribution in [0.4, 0.5) is 22.0 Å². The summed E-state index contributed by atoms with van der Waals surface area (Å²) in [6, 6.07) is 6.16. The number of alkyl halides is 5. The van der Waals surface area contributed by atoms with Crippen LogP contribution in [0.25, 0.3) is 0 Å². The van der Waals surface area contributed by atoms with Gasteiger partial charge in [-0.05, 0) is 31.9 Å². The molecule has 0 saturated heterocycles. The van der Waals surface area contributed by atoms with Crippen molar-refractivity contribution in [3.05, 3.63) is 29.8 Å². The molecule has 0 unspecified atom stereocenters. The fourth-order valence-electron chi connectivity index (χ4n) is 2.06. The van der Waals surface area contributed by atoms with E-state index in [0.29, 0.717) is 19.3 Å². The molecule has 3 nitrogen and oxygen atoms in total. The van der Waals surface area contributed by atoms with Gasteiger partial charge in [-0.25, -0.2) is 0 Å². The van der Waals surface area contributed by atoms with Crippen molar-refractivity contribution in [1.82, 2.24) is 0 Å². The van der Waals surface area contributed by atoms with Gasteiger partial charge in [0.05, 0.1) is 11.5 Å². The number of hydrogen-bond donors (Lipinski definition) is 0. The van der Waals surface area contributed by atoms with Crippen LogP contribution in [0.3, 0.4) is 0 Å². The number of benzene rings is 1. The quantitative estimate of drug-likeness (QED) is 0.313. The van der Waals surface area contributed by atoms with Gasteiger partial charge in [-0.3, -0.25) is 4.18 Å². The molecule has 1 aromatic carbocycles. The number of rotatable bonds is 10. The number of halogens is 5. The zero-order valence-electron chi connectivity index (χ0n) is 13.8. The summed E-state index contributed by atoms with van der Waals surface area (Å²) in [7, 11) is -3.83. The molecule has 0 aliphatic heterocycles. The minimum atomic E-state index is -5.51. The lowest BCUT2D eigenvalue weighted by molar-refractivity contribution is -0.284. The third-order valence-corrected chi connectivity index (χ3v) is 4.92. The molecule has 0 aliphatic rings. The molecule has 0 fully saturated rings. The zero-order chi connectivity index (χ0) is 19.1. The molecule has 0 spiro atoms. The molecule has 0 heterocycles. The Labute approximate surface area is 144 Å². The standard InChI is InChI=1S/C16H21F5O3S/c1-13-7-9-14(10-8-13)25(22,23)24-12-6-4-2-3-5-11-15(17,18)16(19,20)21/h7-10H,2-6,11-12H2,1H3. The highest BCUT2D eigenvalue weighted by atomic mass is 32.2. The van der Waals surface area contributed by atoms with E-state index >= 15 is 0 Å². The van der Waals surface area contributed by atoms with E-state index in [1.54, 1.807) is 12.1 Å². The second-order valence-electron chi connectivity index (χ2n) is 5.81. The highest BCUT2D eigenvalue weighted by Crippen LogP contribution is 2.39. The van der Waals surface area contributed by atoms with Gasteiger partial charge in [0.1, 0.15) is 0 Å². The highest BCUT2D eigenvalue weighted by molar-refractivity contribution is 7.86. The lowest BCUT2D eigenvalue weighted by atomic mass is 10.1. The Hall–Kier alpha value is -1.22. The van der Waals surface area contributed by atoms with Crippen LogP contribution in [0.1, 0.15) is 44.1 Å². The van der Waals surface area contributed by atoms with Gasteiger partial charge in [-0.1, -0.05) is 37.0 Å². The van der Waals surface area contributed by atoms with Crippen molar-refractivity contribution in [1.29, 1.82) is 0 Å². The Kier molecular flexibility index (Phi) is 7.80. The summed E-state index contributed by atoms with van der Waals surface area (Å²) in [5.41, 5.74) is 0.912. The molecule has 0 saturated carbocycles. The second kappa shape index (κ2) is 8.93. The van der Waals surface area contributed by atoms with Crippen LogP contribution >= 0.6 is 0 Å². The third-order valence-electron chi connectivity index (χ3n) is 3.60. The van der Waals surface area contributed by atoms with Gasteiger partial charge >= 0.3 is 12.1 Å². The van der Waals surface area contributed by atoms with Crippen molar-refractivity contribution >= 4 is 10.1 Å². The van der Waals surface area contributed by atoms with Crippen LogP contribution in [0, 0.1) is 6.92 Å². The number of hydrogen-bond acceptors (Lipinski definition) is 3. The normalized spacial score (nSPS) is 13.2. The van der Waals surface area contributed by atoms with Gasteiger partial charge < -0.3 is 0 Å².